The summed E-state index contributed by atoms with van der Waals surface area (Å²) in [7, 11) is 0. The number of thiocarbonyl (C=S) groups is 1. The molecule has 0 atom stereocenters. The van der Waals surface area contributed by atoms with E-state index < -0.39 is 10.8 Å². The fourth-order valence-corrected chi connectivity index (χ4v) is 1.92. The summed E-state index contributed by atoms with van der Waals surface area (Å²) in [6.07, 6.45) is 0. The number of carbonyl (C=O) groups is 1. The molecule has 114 valence electrons. The van der Waals surface area contributed by atoms with Gasteiger partial charge in [0.25, 0.3) is 5.69 Å². The SMILES string of the molecule is NC(=S)NNC(=O)c1ccc(-c2ccc([N+](=O)[O-])cc2Cl)o1. The third-order valence-corrected chi connectivity index (χ3v) is 2.97. The standard InChI is InChI=1S/C12H9ClN4O4S/c13-8-5-6(17(19)20)1-2-7(8)9-3-4-10(21-9)11(18)15-16-12(14)22/h1-5H,(H,15,18)(H3,14,16,22). The summed E-state index contributed by atoms with van der Waals surface area (Å²) < 4.78 is 5.35. The molecular weight excluding hydrogens is 332 g/mol. The van der Waals surface area contributed by atoms with Gasteiger partial charge in [-0.1, -0.05) is 11.6 Å². The zero-order chi connectivity index (χ0) is 16.3. The first-order valence-electron chi connectivity index (χ1n) is 5.78. The number of hydrogen-bond acceptors (Lipinski definition) is 5. The van der Waals surface area contributed by atoms with Crippen LogP contribution in [0, 0.1) is 10.1 Å². The predicted molar refractivity (Wildman–Crippen MR) is 83.2 cm³/mol. The van der Waals surface area contributed by atoms with Crippen LogP contribution in [0.2, 0.25) is 5.02 Å². The molecule has 0 fully saturated rings. The molecule has 0 aliphatic carbocycles. The maximum Gasteiger partial charge on any atom is 0.305 e. The van der Waals surface area contributed by atoms with Gasteiger partial charge >= 0.3 is 5.91 Å². The smallest absolute Gasteiger partial charge is 0.305 e. The zero-order valence-electron chi connectivity index (χ0n) is 10.8. The van der Waals surface area contributed by atoms with Crippen molar-refractivity contribution in [2.24, 2.45) is 5.73 Å². The average Bonchev–Trinajstić information content (AvgIpc) is 2.94. The van der Waals surface area contributed by atoms with Gasteiger partial charge in [-0.25, -0.2) is 0 Å². The zero-order valence-corrected chi connectivity index (χ0v) is 12.4. The Morgan fingerprint density at radius 2 is 2.05 bits per heavy atom. The van der Waals surface area contributed by atoms with E-state index in [2.05, 4.69) is 23.1 Å². The van der Waals surface area contributed by atoms with Crippen LogP contribution in [0.25, 0.3) is 11.3 Å². The molecule has 1 aromatic heterocycles. The van der Waals surface area contributed by atoms with Crippen LogP contribution in [-0.4, -0.2) is 15.9 Å². The van der Waals surface area contributed by atoms with Gasteiger partial charge in [0.15, 0.2) is 10.9 Å². The highest BCUT2D eigenvalue weighted by atomic mass is 35.5. The summed E-state index contributed by atoms with van der Waals surface area (Å²) in [5, 5.41) is 10.7. The molecule has 0 unspecified atom stereocenters. The number of nitro groups is 1. The van der Waals surface area contributed by atoms with Gasteiger partial charge in [0.1, 0.15) is 5.76 Å². The van der Waals surface area contributed by atoms with Crippen LogP contribution in [0.4, 0.5) is 5.69 Å². The lowest BCUT2D eigenvalue weighted by Crippen LogP contribution is -2.44. The van der Waals surface area contributed by atoms with Gasteiger partial charge in [0.05, 0.1) is 9.95 Å². The van der Waals surface area contributed by atoms with Crippen LogP contribution in [0.3, 0.4) is 0 Å². The molecule has 1 amide bonds. The number of nitro benzene ring substituents is 1. The van der Waals surface area contributed by atoms with Gasteiger partial charge in [-0.3, -0.25) is 25.8 Å². The second-order valence-corrected chi connectivity index (χ2v) is 4.88. The highest BCUT2D eigenvalue weighted by Crippen LogP contribution is 2.32. The Morgan fingerprint density at radius 1 is 1.32 bits per heavy atom. The lowest BCUT2D eigenvalue weighted by atomic mass is 10.1. The number of nitrogens with two attached hydrogens (primary N) is 1. The fourth-order valence-electron chi connectivity index (χ4n) is 1.60. The number of hydrazine groups is 1. The number of carbonyl (C=O) groups excluding carboxylic acids is 1. The maximum atomic E-state index is 11.7. The van der Waals surface area contributed by atoms with E-state index in [1.807, 2.05) is 0 Å². The second kappa shape index (κ2) is 6.41. The number of benzene rings is 1. The van der Waals surface area contributed by atoms with E-state index >= 15 is 0 Å². The fraction of sp³-hybridized carbons (Fsp3) is 0. The van der Waals surface area contributed by atoms with E-state index in [1.54, 1.807) is 0 Å². The van der Waals surface area contributed by atoms with Crippen molar-refractivity contribution < 1.29 is 14.1 Å². The number of rotatable bonds is 3. The van der Waals surface area contributed by atoms with Crippen LogP contribution in [-0.2, 0) is 0 Å². The molecule has 4 N–H and O–H groups in total. The minimum atomic E-state index is -0.586. The number of non-ortho nitro benzene ring substituents is 1. The van der Waals surface area contributed by atoms with E-state index in [1.165, 1.54) is 30.3 Å². The minimum absolute atomic E-state index is 0.00632. The van der Waals surface area contributed by atoms with Gasteiger partial charge in [0.2, 0.25) is 0 Å². The van der Waals surface area contributed by atoms with Crippen molar-refractivity contribution >= 4 is 40.5 Å². The molecule has 0 saturated heterocycles. The quantitative estimate of drug-likeness (QED) is 0.443. The van der Waals surface area contributed by atoms with E-state index in [9.17, 15) is 14.9 Å². The van der Waals surface area contributed by atoms with E-state index in [-0.39, 0.29) is 21.6 Å². The third kappa shape index (κ3) is 3.51. The lowest BCUT2D eigenvalue weighted by molar-refractivity contribution is -0.384. The number of halogens is 1. The Bertz CT molecular complexity index is 761. The summed E-state index contributed by atoms with van der Waals surface area (Å²) in [5.41, 5.74) is 9.96. The summed E-state index contributed by atoms with van der Waals surface area (Å²) in [6.45, 7) is 0. The van der Waals surface area contributed by atoms with Gasteiger partial charge < -0.3 is 10.2 Å². The van der Waals surface area contributed by atoms with Crippen LogP contribution < -0.4 is 16.6 Å². The van der Waals surface area contributed by atoms with Crippen molar-refractivity contribution in [3.8, 4) is 11.3 Å². The molecule has 8 nitrogen and oxygen atoms in total. The van der Waals surface area contributed by atoms with Crippen molar-refractivity contribution in [1.82, 2.24) is 10.9 Å². The summed E-state index contributed by atoms with van der Waals surface area (Å²) in [6, 6.07) is 6.87. The Balaban J connectivity index is 2.23. The van der Waals surface area contributed by atoms with Crippen LogP contribution in [0.15, 0.2) is 34.7 Å². The Labute approximate surface area is 134 Å². The van der Waals surface area contributed by atoms with Gasteiger partial charge in [-0.05, 0) is 30.4 Å². The molecule has 2 aromatic rings. The first-order chi connectivity index (χ1) is 10.4. The Hall–Kier alpha value is -2.65. The van der Waals surface area contributed by atoms with Crippen LogP contribution in [0.5, 0.6) is 0 Å². The van der Waals surface area contributed by atoms with E-state index in [0.29, 0.717) is 11.3 Å². The number of amides is 1. The second-order valence-electron chi connectivity index (χ2n) is 4.03. The van der Waals surface area contributed by atoms with Gasteiger partial charge in [0, 0.05) is 17.7 Å². The van der Waals surface area contributed by atoms with Crippen molar-refractivity contribution in [3.63, 3.8) is 0 Å². The number of nitrogens with zero attached hydrogens (tertiary/aromatic N) is 1. The first kappa shape index (κ1) is 15.7. The molecule has 0 spiro atoms. The van der Waals surface area contributed by atoms with Crippen molar-refractivity contribution in [3.05, 3.63) is 51.2 Å². The number of hydrogen-bond donors (Lipinski definition) is 3. The largest absolute Gasteiger partial charge is 0.451 e. The molecule has 1 heterocycles. The maximum absolute atomic E-state index is 11.7. The van der Waals surface area contributed by atoms with Crippen LogP contribution >= 0.6 is 23.8 Å². The molecule has 0 bridgehead atoms. The van der Waals surface area contributed by atoms with Crippen LogP contribution in [0.1, 0.15) is 10.6 Å². The van der Waals surface area contributed by atoms with Crippen molar-refractivity contribution in [1.29, 1.82) is 0 Å². The highest BCUT2D eigenvalue weighted by molar-refractivity contribution is 7.80. The highest BCUT2D eigenvalue weighted by Gasteiger charge is 2.16. The third-order valence-electron chi connectivity index (χ3n) is 2.56. The molecule has 0 aliphatic heterocycles. The topological polar surface area (TPSA) is 123 Å². The normalized spacial score (nSPS) is 10.0. The lowest BCUT2D eigenvalue weighted by Gasteiger charge is -2.04. The van der Waals surface area contributed by atoms with E-state index in [4.69, 9.17) is 21.8 Å². The van der Waals surface area contributed by atoms with Crippen molar-refractivity contribution in [2.75, 3.05) is 0 Å². The summed E-state index contributed by atoms with van der Waals surface area (Å²) in [5.74, 6) is -0.300. The summed E-state index contributed by atoms with van der Waals surface area (Å²) in [4.78, 5) is 21.8. The number of nitrogens with one attached hydrogen (secondary N) is 2. The molecule has 22 heavy (non-hydrogen) atoms. The summed E-state index contributed by atoms with van der Waals surface area (Å²) >= 11 is 10.5. The molecule has 10 heteroatoms. The van der Waals surface area contributed by atoms with E-state index in [0.717, 1.165) is 0 Å². The van der Waals surface area contributed by atoms with Crippen molar-refractivity contribution in [2.45, 2.75) is 0 Å². The first-order valence-corrected chi connectivity index (χ1v) is 6.57. The van der Waals surface area contributed by atoms with Gasteiger partial charge in [-0.2, -0.15) is 0 Å². The monoisotopic (exact) mass is 340 g/mol. The molecule has 2 rings (SSSR count). The molecule has 0 saturated carbocycles. The number of furan rings is 1. The molecule has 0 aliphatic rings. The Morgan fingerprint density at radius 3 is 2.64 bits per heavy atom. The predicted octanol–water partition coefficient (Wildman–Crippen LogP) is 1.99. The minimum Gasteiger partial charge on any atom is -0.451 e. The average molecular weight is 341 g/mol. The van der Waals surface area contributed by atoms with Gasteiger partial charge in [-0.15, -0.1) is 0 Å². The molecule has 1 aromatic carbocycles. The Kier molecular flexibility index (Phi) is 4.59. The molecular formula is C12H9ClN4O4S. The molecule has 0 radical (unpaired) electrons.